The van der Waals surface area contributed by atoms with E-state index in [1.807, 2.05) is 13.8 Å². The van der Waals surface area contributed by atoms with Crippen LogP contribution in [0.25, 0.3) is 0 Å². The fourth-order valence-corrected chi connectivity index (χ4v) is 4.62. The molecule has 0 aromatic rings. The third-order valence-corrected chi connectivity index (χ3v) is 5.88. The highest BCUT2D eigenvalue weighted by Gasteiger charge is 2.58. The van der Waals surface area contributed by atoms with Crippen molar-refractivity contribution in [1.82, 2.24) is 0 Å². The summed E-state index contributed by atoms with van der Waals surface area (Å²) in [5.41, 5.74) is 0.193. The number of hydrogen-bond acceptors (Lipinski definition) is 3. The van der Waals surface area contributed by atoms with E-state index >= 15 is 0 Å². The van der Waals surface area contributed by atoms with Gasteiger partial charge in [-0.2, -0.15) is 0 Å². The number of carbonyl (C=O) groups is 2. The third-order valence-electron chi connectivity index (χ3n) is 5.88. The Kier molecular flexibility index (Phi) is 2.58. The lowest BCUT2D eigenvalue weighted by atomic mass is 9.53. The highest BCUT2D eigenvalue weighted by atomic mass is 16.6. The molecule has 3 fully saturated rings. The maximum Gasteiger partial charge on any atom is 0.309 e. The van der Waals surface area contributed by atoms with Gasteiger partial charge in [0.1, 0.15) is 11.9 Å². The first kappa shape index (κ1) is 12.2. The van der Waals surface area contributed by atoms with E-state index in [0.717, 1.165) is 19.3 Å². The summed E-state index contributed by atoms with van der Waals surface area (Å²) in [7, 11) is 0. The molecule has 3 aliphatic rings. The van der Waals surface area contributed by atoms with Crippen LogP contribution < -0.4 is 0 Å². The van der Waals surface area contributed by atoms with E-state index in [1.54, 1.807) is 0 Å². The highest BCUT2D eigenvalue weighted by Crippen LogP contribution is 2.56. The van der Waals surface area contributed by atoms with Gasteiger partial charge >= 0.3 is 5.97 Å². The lowest BCUT2D eigenvalue weighted by Crippen LogP contribution is -2.52. The van der Waals surface area contributed by atoms with Gasteiger partial charge in [0.15, 0.2) is 0 Å². The molecular formula is C15H22O3. The van der Waals surface area contributed by atoms with Crippen LogP contribution in [0.1, 0.15) is 46.5 Å². The maximum atomic E-state index is 12.0. The van der Waals surface area contributed by atoms with Crippen molar-refractivity contribution in [3.8, 4) is 0 Å². The first-order valence-corrected chi connectivity index (χ1v) is 7.17. The number of ketones is 1. The Hall–Kier alpha value is -0.860. The minimum atomic E-state index is -0.0560. The molecule has 0 amide bonds. The van der Waals surface area contributed by atoms with Crippen molar-refractivity contribution in [2.45, 2.75) is 52.6 Å². The molecule has 3 rings (SSSR count). The molecule has 3 heteroatoms. The Morgan fingerprint density at radius 2 is 1.89 bits per heavy atom. The summed E-state index contributed by atoms with van der Waals surface area (Å²) in [5, 5.41) is 0. The molecule has 18 heavy (non-hydrogen) atoms. The van der Waals surface area contributed by atoms with Crippen LogP contribution in [0.5, 0.6) is 0 Å². The van der Waals surface area contributed by atoms with Crippen molar-refractivity contribution in [2.24, 2.45) is 29.1 Å². The molecule has 1 aliphatic heterocycles. The predicted octanol–water partition coefficient (Wildman–Crippen LogP) is 2.58. The molecular weight excluding hydrogens is 228 g/mol. The zero-order valence-corrected chi connectivity index (χ0v) is 11.4. The van der Waals surface area contributed by atoms with Crippen molar-refractivity contribution in [3.63, 3.8) is 0 Å². The first-order valence-electron chi connectivity index (χ1n) is 7.17. The largest absolute Gasteiger partial charge is 0.461 e. The van der Waals surface area contributed by atoms with E-state index in [9.17, 15) is 9.59 Å². The van der Waals surface area contributed by atoms with Crippen molar-refractivity contribution in [1.29, 1.82) is 0 Å². The van der Waals surface area contributed by atoms with Gasteiger partial charge in [0.05, 0.1) is 5.92 Å². The van der Waals surface area contributed by atoms with E-state index < -0.39 is 0 Å². The molecule has 0 unspecified atom stereocenters. The molecule has 1 heterocycles. The predicted molar refractivity (Wildman–Crippen MR) is 66.8 cm³/mol. The summed E-state index contributed by atoms with van der Waals surface area (Å²) >= 11 is 0. The minimum absolute atomic E-state index is 0.00880. The van der Waals surface area contributed by atoms with Crippen LogP contribution in [0.4, 0.5) is 0 Å². The van der Waals surface area contributed by atoms with E-state index in [4.69, 9.17) is 4.74 Å². The number of ether oxygens (including phenoxy) is 1. The van der Waals surface area contributed by atoms with E-state index in [-0.39, 0.29) is 35.2 Å². The first-order chi connectivity index (χ1) is 8.44. The molecule has 0 bridgehead atoms. The Morgan fingerprint density at radius 3 is 2.61 bits per heavy atom. The van der Waals surface area contributed by atoms with E-state index in [0.29, 0.717) is 18.1 Å². The number of carbonyl (C=O) groups excluding carboxylic acids is 2. The summed E-state index contributed by atoms with van der Waals surface area (Å²) in [6.07, 6.45) is 3.87. The van der Waals surface area contributed by atoms with Crippen molar-refractivity contribution < 1.29 is 14.3 Å². The molecule has 0 N–H and O–H groups in total. The monoisotopic (exact) mass is 250 g/mol. The molecule has 100 valence electrons. The summed E-state index contributed by atoms with van der Waals surface area (Å²) in [6.45, 7) is 6.29. The standard InChI is InChI=1S/C15H22O3/c1-8-10-4-6-15(3)7-5-11(16)9(2)12(15)13(10)18-14(8)17/h8-10,12-13H,4-7H2,1-3H3/t8-,9-,10-,12+,13+,15+/m0/s1. The molecule has 0 radical (unpaired) electrons. The number of fused-ring (bicyclic) bond motifs is 3. The van der Waals surface area contributed by atoms with Crippen LogP contribution in [0.15, 0.2) is 0 Å². The topological polar surface area (TPSA) is 43.4 Å². The van der Waals surface area contributed by atoms with Gasteiger partial charge in [0.2, 0.25) is 0 Å². The number of hydrogen-bond donors (Lipinski definition) is 0. The van der Waals surface area contributed by atoms with Gasteiger partial charge in [0, 0.05) is 24.2 Å². The fraction of sp³-hybridized carbons (Fsp3) is 0.867. The molecule has 0 spiro atoms. The summed E-state index contributed by atoms with van der Waals surface area (Å²) in [6, 6.07) is 0. The Morgan fingerprint density at radius 1 is 1.17 bits per heavy atom. The maximum absolute atomic E-state index is 12.0. The van der Waals surface area contributed by atoms with Crippen LogP contribution in [-0.2, 0) is 14.3 Å². The van der Waals surface area contributed by atoms with Gasteiger partial charge in [-0.3, -0.25) is 9.59 Å². The molecule has 2 aliphatic carbocycles. The van der Waals surface area contributed by atoms with Crippen LogP contribution in [0, 0.1) is 29.1 Å². The third kappa shape index (κ3) is 1.49. The van der Waals surface area contributed by atoms with Gasteiger partial charge < -0.3 is 4.74 Å². The average Bonchev–Trinajstić information content (AvgIpc) is 2.60. The second kappa shape index (κ2) is 3.82. The number of Topliss-reactive ketones (excluding diaryl/α,β-unsaturated/α-hetero) is 1. The zero-order chi connectivity index (χ0) is 13.1. The van der Waals surface area contributed by atoms with Crippen LogP contribution in [-0.4, -0.2) is 17.9 Å². The summed E-state index contributed by atoms with van der Waals surface area (Å²) < 4.78 is 5.64. The zero-order valence-electron chi connectivity index (χ0n) is 11.4. The second-order valence-corrected chi connectivity index (χ2v) is 6.83. The van der Waals surface area contributed by atoms with E-state index in [1.165, 1.54) is 0 Å². The molecule has 2 saturated carbocycles. The normalized spacial score (nSPS) is 51.6. The molecule has 1 saturated heterocycles. The second-order valence-electron chi connectivity index (χ2n) is 6.83. The van der Waals surface area contributed by atoms with Crippen molar-refractivity contribution in [2.75, 3.05) is 0 Å². The Bertz CT molecular complexity index is 403. The molecule has 0 aromatic heterocycles. The molecule has 0 aromatic carbocycles. The fourth-order valence-electron chi connectivity index (χ4n) is 4.62. The number of esters is 1. The molecule has 6 atom stereocenters. The van der Waals surface area contributed by atoms with Crippen LogP contribution in [0.3, 0.4) is 0 Å². The van der Waals surface area contributed by atoms with Gasteiger partial charge in [0.25, 0.3) is 0 Å². The highest BCUT2D eigenvalue weighted by molar-refractivity contribution is 5.82. The smallest absolute Gasteiger partial charge is 0.309 e. The van der Waals surface area contributed by atoms with Gasteiger partial charge in [-0.1, -0.05) is 20.8 Å². The average molecular weight is 250 g/mol. The minimum Gasteiger partial charge on any atom is -0.461 e. The van der Waals surface area contributed by atoms with Crippen LogP contribution in [0.2, 0.25) is 0 Å². The SMILES string of the molecule is C[C@@H]1C(=O)O[C@@H]2[C@H]1CC[C@]1(C)CCC(=O)[C@H](C)[C@H]21. The van der Waals surface area contributed by atoms with Crippen molar-refractivity contribution in [3.05, 3.63) is 0 Å². The quantitative estimate of drug-likeness (QED) is 0.621. The van der Waals surface area contributed by atoms with E-state index in [2.05, 4.69) is 6.92 Å². The number of rotatable bonds is 0. The van der Waals surface area contributed by atoms with Gasteiger partial charge in [-0.05, 0) is 24.7 Å². The lowest BCUT2D eigenvalue weighted by Gasteiger charge is -2.51. The van der Waals surface area contributed by atoms with Crippen LogP contribution >= 0.6 is 0 Å². The van der Waals surface area contributed by atoms with Gasteiger partial charge in [-0.15, -0.1) is 0 Å². The van der Waals surface area contributed by atoms with Crippen molar-refractivity contribution >= 4 is 11.8 Å². The lowest BCUT2D eigenvalue weighted by molar-refractivity contribution is -0.158. The van der Waals surface area contributed by atoms with Gasteiger partial charge in [-0.25, -0.2) is 0 Å². The molecule has 3 nitrogen and oxygen atoms in total. The summed E-state index contributed by atoms with van der Waals surface area (Å²) in [4.78, 5) is 23.8. The summed E-state index contributed by atoms with van der Waals surface area (Å²) in [5.74, 6) is 0.946. The Balaban J connectivity index is 1.96. The Labute approximate surface area is 108 Å².